The predicted octanol–water partition coefficient (Wildman–Crippen LogP) is 6.00. The number of halogens is 2. The van der Waals surface area contributed by atoms with Crippen LogP contribution in [0.1, 0.15) is 33.2 Å². The highest BCUT2D eigenvalue weighted by Crippen LogP contribution is 2.25. The van der Waals surface area contributed by atoms with Gasteiger partial charge in [0.2, 0.25) is 0 Å². The van der Waals surface area contributed by atoms with Crippen LogP contribution in [0, 0.1) is 0 Å². The van der Waals surface area contributed by atoms with Gasteiger partial charge in [-0.3, -0.25) is 4.79 Å². The maximum atomic E-state index is 12.5. The van der Waals surface area contributed by atoms with Crippen LogP contribution in [0.15, 0.2) is 66.7 Å². The van der Waals surface area contributed by atoms with Crippen LogP contribution in [-0.2, 0) is 11.3 Å². The summed E-state index contributed by atoms with van der Waals surface area (Å²) in [5.41, 5.74) is 2.03. The van der Waals surface area contributed by atoms with E-state index < -0.39 is 5.97 Å². The number of hydrogen-bond donors (Lipinski definition) is 1. The number of carbonyl (C=O) groups is 2. The zero-order valence-corrected chi connectivity index (χ0v) is 17.7. The van der Waals surface area contributed by atoms with Gasteiger partial charge in [-0.1, -0.05) is 41.4 Å². The van der Waals surface area contributed by atoms with E-state index in [1.54, 1.807) is 49.4 Å². The van der Waals surface area contributed by atoms with Crippen LogP contribution in [0.4, 0.5) is 5.69 Å². The molecule has 0 bridgehead atoms. The minimum absolute atomic E-state index is 0.244. The van der Waals surface area contributed by atoms with E-state index in [-0.39, 0.29) is 17.5 Å². The summed E-state index contributed by atoms with van der Waals surface area (Å²) in [7, 11) is 0. The first-order valence-electron chi connectivity index (χ1n) is 9.22. The van der Waals surface area contributed by atoms with Crippen LogP contribution < -0.4 is 10.1 Å². The molecule has 1 N–H and O–H groups in total. The van der Waals surface area contributed by atoms with Crippen molar-refractivity contribution in [3.05, 3.63) is 93.5 Å². The number of anilines is 1. The molecule has 7 heteroatoms. The van der Waals surface area contributed by atoms with Crippen LogP contribution in [0.5, 0.6) is 5.75 Å². The second-order valence-corrected chi connectivity index (χ2v) is 7.09. The third kappa shape index (κ3) is 5.53. The fourth-order valence-corrected chi connectivity index (χ4v) is 3.05. The summed E-state index contributed by atoms with van der Waals surface area (Å²) >= 11 is 12.3. The molecule has 0 saturated heterocycles. The Morgan fingerprint density at radius 3 is 2.27 bits per heavy atom. The van der Waals surface area contributed by atoms with E-state index in [0.29, 0.717) is 34.2 Å². The van der Waals surface area contributed by atoms with Crippen LogP contribution in [0.2, 0.25) is 10.0 Å². The Morgan fingerprint density at radius 1 is 0.900 bits per heavy atom. The summed E-state index contributed by atoms with van der Waals surface area (Å²) in [6.07, 6.45) is 0. The van der Waals surface area contributed by atoms with Gasteiger partial charge < -0.3 is 14.8 Å². The van der Waals surface area contributed by atoms with E-state index in [9.17, 15) is 9.59 Å². The highest BCUT2D eigenvalue weighted by Gasteiger charge is 2.12. The fourth-order valence-electron chi connectivity index (χ4n) is 2.63. The van der Waals surface area contributed by atoms with Gasteiger partial charge in [-0.05, 0) is 55.5 Å². The Morgan fingerprint density at radius 2 is 1.60 bits per heavy atom. The molecule has 0 aromatic heterocycles. The number of esters is 1. The van der Waals surface area contributed by atoms with E-state index in [1.165, 1.54) is 6.07 Å². The molecule has 3 aromatic carbocycles. The third-order valence-electron chi connectivity index (χ3n) is 4.20. The molecule has 0 saturated carbocycles. The number of carbonyl (C=O) groups excluding carboxylic acids is 2. The first kappa shape index (κ1) is 21.7. The van der Waals surface area contributed by atoms with Gasteiger partial charge in [0, 0.05) is 16.1 Å². The molecule has 0 atom stereocenters. The molecule has 0 fully saturated rings. The highest BCUT2D eigenvalue weighted by atomic mass is 35.5. The van der Waals surface area contributed by atoms with Crippen molar-refractivity contribution in [2.75, 3.05) is 11.9 Å². The standard InChI is InChI=1S/C23H19Cl2NO4/c1-2-29-23(28)16-9-12-21(20(25)13-16)26-22(27)15-7-10-18(11-8-15)30-14-17-5-3-4-6-19(17)24/h3-13H,2,14H2,1H3,(H,26,27). The predicted molar refractivity (Wildman–Crippen MR) is 118 cm³/mol. The van der Waals surface area contributed by atoms with Crippen molar-refractivity contribution in [3.63, 3.8) is 0 Å². The molecule has 0 spiro atoms. The number of benzene rings is 3. The Kier molecular flexibility index (Phi) is 7.33. The molecule has 1 amide bonds. The molecule has 3 aromatic rings. The molecule has 0 radical (unpaired) electrons. The van der Waals surface area contributed by atoms with Crippen LogP contribution in [0.25, 0.3) is 0 Å². The SMILES string of the molecule is CCOC(=O)c1ccc(NC(=O)c2ccc(OCc3ccccc3Cl)cc2)c(Cl)c1. The van der Waals surface area contributed by atoms with Gasteiger partial charge in [-0.15, -0.1) is 0 Å². The summed E-state index contributed by atoms with van der Waals surface area (Å²) in [4.78, 5) is 24.3. The van der Waals surface area contributed by atoms with Gasteiger partial charge in [0.05, 0.1) is 22.9 Å². The lowest BCUT2D eigenvalue weighted by atomic mass is 10.1. The quantitative estimate of drug-likeness (QED) is 0.454. The molecule has 154 valence electrons. The van der Waals surface area contributed by atoms with Gasteiger partial charge in [-0.25, -0.2) is 4.79 Å². The summed E-state index contributed by atoms with van der Waals surface area (Å²) in [5.74, 6) is -0.189. The average Bonchev–Trinajstić information content (AvgIpc) is 2.75. The Bertz CT molecular complexity index is 1050. The molecule has 0 unspecified atom stereocenters. The summed E-state index contributed by atoms with van der Waals surface area (Å²) in [6.45, 7) is 2.32. The first-order chi connectivity index (χ1) is 14.5. The largest absolute Gasteiger partial charge is 0.489 e. The van der Waals surface area contributed by atoms with Crippen LogP contribution in [-0.4, -0.2) is 18.5 Å². The van der Waals surface area contributed by atoms with Gasteiger partial charge in [-0.2, -0.15) is 0 Å². The number of amides is 1. The van der Waals surface area contributed by atoms with Crippen LogP contribution in [0.3, 0.4) is 0 Å². The van der Waals surface area contributed by atoms with Crippen molar-refractivity contribution in [2.45, 2.75) is 13.5 Å². The van der Waals surface area contributed by atoms with Crippen molar-refractivity contribution in [2.24, 2.45) is 0 Å². The minimum atomic E-state index is -0.468. The fraction of sp³-hybridized carbons (Fsp3) is 0.130. The summed E-state index contributed by atoms with van der Waals surface area (Å²) in [5, 5.41) is 3.61. The average molecular weight is 444 g/mol. The Balaban J connectivity index is 1.62. The van der Waals surface area contributed by atoms with Gasteiger partial charge >= 0.3 is 5.97 Å². The molecule has 0 aliphatic carbocycles. The highest BCUT2D eigenvalue weighted by molar-refractivity contribution is 6.34. The van der Waals surface area contributed by atoms with Crippen molar-refractivity contribution in [1.82, 2.24) is 0 Å². The van der Waals surface area contributed by atoms with Crippen molar-refractivity contribution in [1.29, 1.82) is 0 Å². The molecule has 0 aliphatic rings. The number of hydrogen-bond acceptors (Lipinski definition) is 4. The molecule has 30 heavy (non-hydrogen) atoms. The van der Waals surface area contributed by atoms with E-state index >= 15 is 0 Å². The molecular weight excluding hydrogens is 425 g/mol. The molecule has 0 aliphatic heterocycles. The zero-order valence-electron chi connectivity index (χ0n) is 16.2. The molecular formula is C23H19Cl2NO4. The first-order valence-corrected chi connectivity index (χ1v) is 9.98. The van der Waals surface area contributed by atoms with Crippen molar-refractivity contribution >= 4 is 40.8 Å². The molecule has 0 heterocycles. The van der Waals surface area contributed by atoms with Gasteiger partial charge in [0.15, 0.2) is 0 Å². The molecule has 5 nitrogen and oxygen atoms in total. The second kappa shape index (κ2) is 10.1. The zero-order chi connectivity index (χ0) is 21.5. The van der Waals surface area contributed by atoms with Crippen LogP contribution >= 0.6 is 23.2 Å². The van der Waals surface area contributed by atoms with Gasteiger partial charge in [0.1, 0.15) is 12.4 Å². The lowest BCUT2D eigenvalue weighted by molar-refractivity contribution is 0.0526. The monoisotopic (exact) mass is 443 g/mol. The normalized spacial score (nSPS) is 10.4. The van der Waals surface area contributed by atoms with Gasteiger partial charge in [0.25, 0.3) is 5.91 Å². The van der Waals surface area contributed by atoms with E-state index in [2.05, 4.69) is 5.32 Å². The Hall–Kier alpha value is -3.02. The van der Waals surface area contributed by atoms with Crippen molar-refractivity contribution < 1.29 is 19.1 Å². The maximum absolute atomic E-state index is 12.5. The second-order valence-electron chi connectivity index (χ2n) is 6.27. The topological polar surface area (TPSA) is 64.6 Å². The lowest BCUT2D eigenvalue weighted by Crippen LogP contribution is -2.12. The van der Waals surface area contributed by atoms with Crippen molar-refractivity contribution in [3.8, 4) is 5.75 Å². The maximum Gasteiger partial charge on any atom is 0.338 e. The number of rotatable bonds is 7. The number of ether oxygens (including phenoxy) is 2. The molecule has 3 rings (SSSR count). The van der Waals surface area contributed by atoms with E-state index in [1.807, 2.05) is 18.2 Å². The van der Waals surface area contributed by atoms with E-state index in [4.69, 9.17) is 32.7 Å². The minimum Gasteiger partial charge on any atom is -0.489 e. The summed E-state index contributed by atoms with van der Waals surface area (Å²) in [6, 6.07) is 18.7. The lowest BCUT2D eigenvalue weighted by Gasteiger charge is -2.10. The third-order valence-corrected chi connectivity index (χ3v) is 4.88. The summed E-state index contributed by atoms with van der Waals surface area (Å²) < 4.78 is 10.7. The van der Waals surface area contributed by atoms with E-state index in [0.717, 1.165) is 5.56 Å². The Labute approximate surface area is 184 Å². The smallest absolute Gasteiger partial charge is 0.338 e. The number of nitrogens with one attached hydrogen (secondary N) is 1.